The summed E-state index contributed by atoms with van der Waals surface area (Å²) in [6, 6.07) is 10.6. The van der Waals surface area contributed by atoms with Crippen molar-refractivity contribution in [1.29, 1.82) is 0 Å². The van der Waals surface area contributed by atoms with Gasteiger partial charge in [0.2, 0.25) is 0 Å². The maximum atomic E-state index is 12.3. The number of carbonyl (C=O) groups is 1. The molecule has 1 aromatic carbocycles. The molecule has 2 N–H and O–H groups in total. The van der Waals surface area contributed by atoms with Crippen molar-refractivity contribution in [2.45, 2.75) is 51.8 Å². The number of alkyl carbamates (subject to hydrolysis) is 1. The van der Waals surface area contributed by atoms with E-state index in [4.69, 9.17) is 4.74 Å². The molecule has 144 valence electrons. The maximum absolute atomic E-state index is 12.3. The molecule has 1 amide bonds. The van der Waals surface area contributed by atoms with Crippen LogP contribution in [0.25, 0.3) is 0 Å². The molecular weight excluding hydrogens is 326 g/mol. The molecular formula is C21H33N3O2. The Morgan fingerprint density at radius 1 is 1.23 bits per heavy atom. The molecule has 2 aliphatic rings. The molecule has 4 unspecified atom stereocenters. The molecule has 0 radical (unpaired) electrons. The van der Waals surface area contributed by atoms with Crippen molar-refractivity contribution in [2.24, 2.45) is 11.8 Å². The lowest BCUT2D eigenvalue weighted by molar-refractivity contribution is 0.0492. The van der Waals surface area contributed by atoms with Gasteiger partial charge >= 0.3 is 6.09 Å². The quantitative estimate of drug-likeness (QED) is 0.848. The van der Waals surface area contributed by atoms with Crippen LogP contribution in [0.3, 0.4) is 0 Å². The molecule has 0 aromatic heterocycles. The minimum Gasteiger partial charge on any atom is -0.444 e. The second-order valence-corrected chi connectivity index (χ2v) is 8.83. The second kappa shape index (κ2) is 7.97. The van der Waals surface area contributed by atoms with Gasteiger partial charge in [0.15, 0.2) is 0 Å². The van der Waals surface area contributed by atoms with Crippen LogP contribution in [0.5, 0.6) is 0 Å². The first-order valence-electron chi connectivity index (χ1n) is 9.81. The van der Waals surface area contributed by atoms with E-state index in [9.17, 15) is 4.79 Å². The normalized spacial score (nSPS) is 25.5. The van der Waals surface area contributed by atoms with Crippen LogP contribution in [0.4, 0.5) is 4.79 Å². The van der Waals surface area contributed by atoms with E-state index in [2.05, 4.69) is 34.6 Å². The van der Waals surface area contributed by atoms with Gasteiger partial charge in [-0.15, -0.1) is 0 Å². The van der Waals surface area contributed by atoms with Gasteiger partial charge in [0.25, 0.3) is 0 Å². The first-order valence-corrected chi connectivity index (χ1v) is 9.81. The number of ether oxygens (including phenoxy) is 1. The number of hydrogen-bond acceptors (Lipinski definition) is 4. The van der Waals surface area contributed by atoms with Crippen molar-refractivity contribution in [3.05, 3.63) is 35.9 Å². The average molecular weight is 360 g/mol. The topological polar surface area (TPSA) is 53.6 Å². The average Bonchev–Trinajstić information content (AvgIpc) is 3.15. The van der Waals surface area contributed by atoms with Crippen molar-refractivity contribution >= 4 is 6.09 Å². The standard InChI is InChI=1S/C21H33N3O2/c1-15(24-13-17-11-22-12-18(17)14-24)10-19(16-8-6-5-7-9-16)23-20(25)26-21(2,3)4/h5-9,15,17-19,22H,10-14H2,1-4H3,(H,23,25). The summed E-state index contributed by atoms with van der Waals surface area (Å²) < 4.78 is 5.49. The van der Waals surface area contributed by atoms with E-state index < -0.39 is 5.60 Å². The van der Waals surface area contributed by atoms with Crippen LogP contribution in [0, 0.1) is 11.8 Å². The molecule has 1 aromatic rings. The van der Waals surface area contributed by atoms with E-state index in [0.717, 1.165) is 50.0 Å². The highest BCUT2D eigenvalue weighted by atomic mass is 16.6. The first-order chi connectivity index (χ1) is 12.3. The molecule has 2 saturated heterocycles. The SMILES string of the molecule is CC(CC(NC(=O)OC(C)(C)C)c1ccccc1)N1CC2CNCC2C1. The molecule has 2 heterocycles. The summed E-state index contributed by atoms with van der Waals surface area (Å²) in [5, 5.41) is 6.59. The third-order valence-electron chi connectivity index (χ3n) is 5.51. The van der Waals surface area contributed by atoms with Crippen molar-refractivity contribution in [1.82, 2.24) is 15.5 Å². The van der Waals surface area contributed by atoms with E-state index in [1.165, 1.54) is 0 Å². The van der Waals surface area contributed by atoms with E-state index in [1.807, 2.05) is 39.0 Å². The monoisotopic (exact) mass is 359 g/mol. The van der Waals surface area contributed by atoms with Crippen molar-refractivity contribution in [2.75, 3.05) is 26.2 Å². The fourth-order valence-corrected chi connectivity index (χ4v) is 4.16. The highest BCUT2D eigenvalue weighted by Crippen LogP contribution is 2.30. The van der Waals surface area contributed by atoms with Crippen LogP contribution < -0.4 is 10.6 Å². The van der Waals surface area contributed by atoms with Crippen LogP contribution in [0.1, 0.15) is 45.7 Å². The highest BCUT2D eigenvalue weighted by molar-refractivity contribution is 5.68. The zero-order chi connectivity index (χ0) is 18.7. The highest BCUT2D eigenvalue weighted by Gasteiger charge is 2.38. The molecule has 2 fully saturated rings. The largest absolute Gasteiger partial charge is 0.444 e. The van der Waals surface area contributed by atoms with Gasteiger partial charge in [0.05, 0.1) is 6.04 Å². The molecule has 0 bridgehead atoms. The summed E-state index contributed by atoms with van der Waals surface area (Å²) in [7, 11) is 0. The van der Waals surface area contributed by atoms with Gasteiger partial charge in [-0.1, -0.05) is 30.3 Å². The number of fused-ring (bicyclic) bond motifs is 1. The van der Waals surface area contributed by atoms with Gasteiger partial charge in [0.1, 0.15) is 5.60 Å². The number of nitrogens with zero attached hydrogens (tertiary/aromatic N) is 1. The van der Waals surface area contributed by atoms with Crippen LogP contribution in [-0.4, -0.2) is 48.8 Å². The van der Waals surface area contributed by atoms with Crippen molar-refractivity contribution < 1.29 is 9.53 Å². The third-order valence-corrected chi connectivity index (χ3v) is 5.51. The second-order valence-electron chi connectivity index (χ2n) is 8.83. The number of carbonyl (C=O) groups excluding carboxylic acids is 1. The summed E-state index contributed by atoms with van der Waals surface area (Å²) in [5.41, 5.74) is 0.641. The lowest BCUT2D eigenvalue weighted by Gasteiger charge is -2.30. The van der Waals surface area contributed by atoms with Gasteiger partial charge in [-0.05, 0) is 64.6 Å². The predicted octanol–water partition coefficient (Wildman–Crippen LogP) is 3.18. The van der Waals surface area contributed by atoms with Gasteiger partial charge in [-0.2, -0.15) is 0 Å². The molecule has 2 aliphatic heterocycles. The minimum atomic E-state index is -0.490. The molecule has 0 aliphatic carbocycles. The minimum absolute atomic E-state index is 0.0420. The van der Waals surface area contributed by atoms with Crippen LogP contribution in [-0.2, 0) is 4.74 Å². The van der Waals surface area contributed by atoms with E-state index in [0.29, 0.717) is 6.04 Å². The molecule has 4 atom stereocenters. The van der Waals surface area contributed by atoms with Gasteiger partial charge in [0, 0.05) is 19.1 Å². The zero-order valence-corrected chi connectivity index (χ0v) is 16.5. The Morgan fingerprint density at radius 2 is 1.85 bits per heavy atom. The molecule has 0 spiro atoms. The fraction of sp³-hybridized carbons (Fsp3) is 0.667. The number of amides is 1. The summed E-state index contributed by atoms with van der Waals surface area (Å²) in [5.74, 6) is 1.57. The Kier molecular flexibility index (Phi) is 5.88. The Hall–Kier alpha value is -1.59. The van der Waals surface area contributed by atoms with Crippen molar-refractivity contribution in [3.8, 4) is 0 Å². The summed E-state index contributed by atoms with van der Waals surface area (Å²) in [4.78, 5) is 14.9. The van der Waals surface area contributed by atoms with Gasteiger partial charge in [-0.3, -0.25) is 4.90 Å². The Balaban J connectivity index is 1.64. The smallest absolute Gasteiger partial charge is 0.408 e. The lowest BCUT2D eigenvalue weighted by atomic mass is 9.99. The third kappa shape index (κ3) is 4.98. The van der Waals surface area contributed by atoms with E-state index in [1.54, 1.807) is 0 Å². The predicted molar refractivity (Wildman–Crippen MR) is 104 cm³/mol. The Morgan fingerprint density at radius 3 is 2.42 bits per heavy atom. The summed E-state index contributed by atoms with van der Waals surface area (Å²) in [6.07, 6.45) is 0.539. The first kappa shape index (κ1) is 19.2. The van der Waals surface area contributed by atoms with Gasteiger partial charge < -0.3 is 15.4 Å². The van der Waals surface area contributed by atoms with E-state index in [-0.39, 0.29) is 12.1 Å². The molecule has 3 rings (SSSR count). The fourth-order valence-electron chi connectivity index (χ4n) is 4.16. The Labute approximate surface area is 157 Å². The number of nitrogens with one attached hydrogen (secondary N) is 2. The molecule has 26 heavy (non-hydrogen) atoms. The van der Waals surface area contributed by atoms with Crippen molar-refractivity contribution in [3.63, 3.8) is 0 Å². The van der Waals surface area contributed by atoms with Gasteiger partial charge in [-0.25, -0.2) is 4.79 Å². The number of hydrogen-bond donors (Lipinski definition) is 2. The Bertz CT molecular complexity index is 587. The zero-order valence-electron chi connectivity index (χ0n) is 16.5. The number of likely N-dealkylation sites (tertiary alicyclic amines) is 1. The van der Waals surface area contributed by atoms with Crippen LogP contribution >= 0.6 is 0 Å². The summed E-state index contributed by atoms with van der Waals surface area (Å²) in [6.45, 7) is 12.6. The van der Waals surface area contributed by atoms with Crippen LogP contribution in [0.15, 0.2) is 30.3 Å². The van der Waals surface area contributed by atoms with E-state index >= 15 is 0 Å². The summed E-state index contributed by atoms with van der Waals surface area (Å²) >= 11 is 0. The molecule has 0 saturated carbocycles. The molecule has 5 nitrogen and oxygen atoms in total. The lowest BCUT2D eigenvalue weighted by Crippen LogP contribution is -2.40. The number of rotatable bonds is 5. The molecule has 5 heteroatoms. The maximum Gasteiger partial charge on any atom is 0.408 e. The van der Waals surface area contributed by atoms with Crippen LogP contribution in [0.2, 0.25) is 0 Å². The number of benzene rings is 1.